The number of carbonyl (C=O) groups is 3. The highest BCUT2D eigenvalue weighted by atomic mass is 16.4. The number of anilines is 4. The Kier molecular flexibility index (Phi) is 7.03. The molecule has 0 aliphatic carbocycles. The average molecular weight is 516 g/mol. The second-order valence-corrected chi connectivity index (χ2v) is 10.9. The molecule has 3 amide bonds. The van der Waals surface area contributed by atoms with Crippen molar-refractivity contribution in [3.8, 4) is 11.3 Å². The first-order chi connectivity index (χ1) is 18.2. The number of nitrogens with zero attached hydrogens (tertiary/aromatic N) is 3. The Balaban J connectivity index is 1.29. The number of aromatic nitrogens is 1. The van der Waals surface area contributed by atoms with Gasteiger partial charge in [0.25, 0.3) is 6.01 Å². The van der Waals surface area contributed by atoms with Crippen LogP contribution >= 0.6 is 0 Å². The number of oxazole rings is 1. The largest absolute Gasteiger partial charge is 0.423 e. The summed E-state index contributed by atoms with van der Waals surface area (Å²) in [6, 6.07) is 13.1. The van der Waals surface area contributed by atoms with E-state index < -0.39 is 0 Å². The molecule has 0 unspecified atom stereocenters. The Morgan fingerprint density at radius 3 is 2.53 bits per heavy atom. The van der Waals surface area contributed by atoms with E-state index in [4.69, 9.17) is 4.42 Å². The van der Waals surface area contributed by atoms with E-state index in [1.54, 1.807) is 24.4 Å². The van der Waals surface area contributed by atoms with Crippen molar-refractivity contribution in [2.45, 2.75) is 46.5 Å². The van der Waals surface area contributed by atoms with Gasteiger partial charge in [-0.2, -0.15) is 0 Å². The van der Waals surface area contributed by atoms with Gasteiger partial charge in [0.05, 0.1) is 18.4 Å². The van der Waals surface area contributed by atoms with Gasteiger partial charge in [-0.15, -0.1) is 0 Å². The third-order valence-electron chi connectivity index (χ3n) is 6.98. The van der Waals surface area contributed by atoms with Gasteiger partial charge in [-0.25, -0.2) is 4.98 Å². The number of aryl methyl sites for hydroxylation is 1. The highest BCUT2D eigenvalue weighted by Crippen LogP contribution is 2.35. The summed E-state index contributed by atoms with van der Waals surface area (Å²) < 4.78 is 5.96. The normalized spacial score (nSPS) is 17.6. The minimum absolute atomic E-state index is 0.0331. The van der Waals surface area contributed by atoms with Crippen LogP contribution in [-0.4, -0.2) is 47.2 Å². The fraction of sp³-hybridized carbons (Fsp3) is 0.379. The molecule has 0 radical (unpaired) electrons. The summed E-state index contributed by atoms with van der Waals surface area (Å²) in [5, 5.41) is 6.16. The van der Waals surface area contributed by atoms with Crippen molar-refractivity contribution in [1.29, 1.82) is 0 Å². The summed E-state index contributed by atoms with van der Waals surface area (Å²) in [4.78, 5) is 45.7. The van der Waals surface area contributed by atoms with Gasteiger partial charge in [-0.1, -0.05) is 32.0 Å². The molecule has 2 aromatic carbocycles. The molecule has 2 fully saturated rings. The summed E-state index contributed by atoms with van der Waals surface area (Å²) in [5.74, 6) is 0.0611. The Morgan fingerprint density at radius 2 is 1.79 bits per heavy atom. The molecular weight excluding hydrogens is 482 g/mol. The number of nitrogens with one attached hydrogen (secondary N) is 2. The van der Waals surface area contributed by atoms with E-state index in [2.05, 4.69) is 20.5 Å². The monoisotopic (exact) mass is 515 g/mol. The quantitative estimate of drug-likeness (QED) is 0.421. The van der Waals surface area contributed by atoms with Crippen molar-refractivity contribution in [2.24, 2.45) is 5.41 Å². The number of amides is 3. The Labute approximate surface area is 222 Å². The molecular formula is C29H33N5O4. The first-order valence-electron chi connectivity index (χ1n) is 13.0. The fourth-order valence-electron chi connectivity index (χ4n) is 5.02. The standard InChI is InChI=1S/C29H33N5O4/c1-19-9-10-21(31-25(35)18-33-11-4-5-12-33)14-23(19)32-28-30-17-24(38-28)20-7-6-8-22(13-20)34-26(36)15-29(2,3)16-27(34)37/h6-10,13-14,17H,4-5,11-12,15-16,18H2,1-3H3,(H,30,32)(H,31,35). The van der Waals surface area contributed by atoms with Crippen LogP contribution in [0.2, 0.25) is 0 Å². The van der Waals surface area contributed by atoms with Gasteiger partial charge < -0.3 is 15.1 Å². The molecule has 2 aliphatic heterocycles. The first kappa shape index (κ1) is 25.7. The van der Waals surface area contributed by atoms with E-state index in [-0.39, 0.29) is 23.1 Å². The summed E-state index contributed by atoms with van der Waals surface area (Å²) in [5.41, 5.74) is 3.31. The second kappa shape index (κ2) is 10.4. The summed E-state index contributed by atoms with van der Waals surface area (Å²) >= 11 is 0. The number of benzene rings is 2. The Bertz CT molecular complexity index is 1350. The van der Waals surface area contributed by atoms with Crippen molar-refractivity contribution in [3.05, 3.63) is 54.2 Å². The molecule has 0 bridgehead atoms. The zero-order valence-electron chi connectivity index (χ0n) is 22.0. The van der Waals surface area contributed by atoms with Gasteiger partial charge >= 0.3 is 0 Å². The van der Waals surface area contributed by atoms with Crippen LogP contribution in [0.3, 0.4) is 0 Å². The highest BCUT2D eigenvalue weighted by Gasteiger charge is 2.38. The first-order valence-corrected chi connectivity index (χ1v) is 13.0. The molecule has 2 N–H and O–H groups in total. The minimum atomic E-state index is -0.333. The number of hydrogen-bond acceptors (Lipinski definition) is 7. The van der Waals surface area contributed by atoms with Gasteiger partial charge in [0.1, 0.15) is 0 Å². The average Bonchev–Trinajstić information content (AvgIpc) is 3.52. The zero-order valence-corrected chi connectivity index (χ0v) is 22.0. The van der Waals surface area contributed by atoms with Crippen molar-refractivity contribution in [2.75, 3.05) is 35.2 Å². The van der Waals surface area contributed by atoms with E-state index in [0.717, 1.165) is 37.2 Å². The molecule has 9 heteroatoms. The molecule has 0 spiro atoms. The van der Waals surface area contributed by atoms with Gasteiger partial charge in [0, 0.05) is 29.8 Å². The zero-order chi connectivity index (χ0) is 26.9. The number of rotatable bonds is 7. The van der Waals surface area contributed by atoms with Gasteiger partial charge in [0.2, 0.25) is 17.7 Å². The molecule has 9 nitrogen and oxygen atoms in total. The van der Waals surface area contributed by atoms with Crippen LogP contribution < -0.4 is 15.5 Å². The van der Waals surface area contributed by atoms with Crippen LogP contribution in [0.5, 0.6) is 0 Å². The number of carbonyl (C=O) groups excluding carboxylic acids is 3. The number of hydrogen-bond donors (Lipinski definition) is 2. The van der Waals surface area contributed by atoms with Crippen molar-refractivity contribution in [1.82, 2.24) is 9.88 Å². The third-order valence-corrected chi connectivity index (χ3v) is 6.98. The van der Waals surface area contributed by atoms with Crippen LogP contribution in [-0.2, 0) is 14.4 Å². The molecule has 3 heterocycles. The van der Waals surface area contributed by atoms with Crippen molar-refractivity contribution < 1.29 is 18.8 Å². The van der Waals surface area contributed by atoms with Crippen LogP contribution in [0.1, 0.15) is 45.1 Å². The molecule has 38 heavy (non-hydrogen) atoms. The maximum Gasteiger partial charge on any atom is 0.299 e. The topological polar surface area (TPSA) is 108 Å². The van der Waals surface area contributed by atoms with E-state index >= 15 is 0 Å². The summed E-state index contributed by atoms with van der Waals surface area (Å²) in [6.07, 6.45) is 4.51. The predicted molar refractivity (Wildman–Crippen MR) is 146 cm³/mol. The molecule has 3 aromatic rings. The van der Waals surface area contributed by atoms with Crippen LogP contribution in [0.25, 0.3) is 11.3 Å². The molecule has 1 aromatic heterocycles. The SMILES string of the molecule is Cc1ccc(NC(=O)CN2CCCC2)cc1Nc1ncc(-c2cccc(N3C(=O)CC(C)(C)CC3=O)c2)o1. The number of likely N-dealkylation sites (tertiary alicyclic amines) is 1. The predicted octanol–water partition coefficient (Wildman–Crippen LogP) is 5.11. The summed E-state index contributed by atoms with van der Waals surface area (Å²) in [6.45, 7) is 8.14. The molecule has 2 saturated heterocycles. The highest BCUT2D eigenvalue weighted by molar-refractivity contribution is 6.17. The molecule has 0 atom stereocenters. The Hall–Kier alpha value is -3.98. The Morgan fingerprint density at radius 1 is 1.05 bits per heavy atom. The minimum Gasteiger partial charge on any atom is -0.423 e. The molecule has 0 saturated carbocycles. The second-order valence-electron chi connectivity index (χ2n) is 10.9. The van der Waals surface area contributed by atoms with Gasteiger partial charge in [-0.05, 0) is 68.1 Å². The third kappa shape index (κ3) is 5.78. The lowest BCUT2D eigenvalue weighted by atomic mass is 9.81. The molecule has 198 valence electrons. The van der Waals surface area contributed by atoms with Gasteiger partial charge in [-0.3, -0.25) is 24.2 Å². The lowest BCUT2D eigenvalue weighted by molar-refractivity contribution is -0.132. The fourth-order valence-corrected chi connectivity index (χ4v) is 5.02. The van der Waals surface area contributed by atoms with E-state index in [9.17, 15) is 14.4 Å². The molecule has 2 aliphatic rings. The van der Waals surface area contributed by atoms with E-state index in [0.29, 0.717) is 48.1 Å². The van der Waals surface area contributed by atoms with Gasteiger partial charge in [0.15, 0.2) is 5.76 Å². The number of piperidine rings is 1. The maximum absolute atomic E-state index is 12.7. The molecule has 5 rings (SSSR count). The maximum atomic E-state index is 12.7. The number of imide groups is 1. The lowest BCUT2D eigenvalue weighted by Crippen LogP contribution is -2.46. The van der Waals surface area contributed by atoms with E-state index in [1.807, 2.05) is 45.0 Å². The van der Waals surface area contributed by atoms with Crippen LogP contribution in [0.4, 0.5) is 23.1 Å². The van der Waals surface area contributed by atoms with Crippen molar-refractivity contribution in [3.63, 3.8) is 0 Å². The van der Waals surface area contributed by atoms with E-state index in [1.165, 1.54) is 4.90 Å². The lowest BCUT2D eigenvalue weighted by Gasteiger charge is -2.34. The van der Waals surface area contributed by atoms with Crippen LogP contribution in [0, 0.1) is 12.3 Å². The van der Waals surface area contributed by atoms with Crippen LogP contribution in [0.15, 0.2) is 53.1 Å². The summed E-state index contributed by atoms with van der Waals surface area (Å²) in [7, 11) is 0. The van der Waals surface area contributed by atoms with Crippen molar-refractivity contribution >= 4 is 40.8 Å². The smallest absolute Gasteiger partial charge is 0.299 e.